The van der Waals surface area contributed by atoms with Gasteiger partial charge in [-0.05, 0) is 59.2 Å². The van der Waals surface area contributed by atoms with Crippen molar-refractivity contribution in [1.82, 2.24) is 0 Å². The minimum absolute atomic E-state index is 0.177. The van der Waals surface area contributed by atoms with Crippen LogP contribution in [0.2, 0.25) is 0 Å². The molecule has 0 aromatic heterocycles. The van der Waals surface area contributed by atoms with Gasteiger partial charge >= 0.3 is 0 Å². The Labute approximate surface area is 186 Å². The van der Waals surface area contributed by atoms with E-state index in [0.717, 1.165) is 16.7 Å². The molecule has 160 valence electrons. The van der Waals surface area contributed by atoms with Gasteiger partial charge in [0.25, 0.3) is 5.91 Å². The lowest BCUT2D eigenvalue weighted by atomic mass is 9.84. The number of carbonyl (C=O) groups excluding carboxylic acids is 1. The predicted molar refractivity (Wildman–Crippen MR) is 125 cm³/mol. The molecule has 0 atom stereocenters. The molecule has 0 aliphatic heterocycles. The fourth-order valence-corrected chi connectivity index (χ4v) is 3.77. The SMILES string of the molecule is COc1ccccc1C(=O)Nc1ccccc1C(c1ccc(O)cc1)c1ccc(O)cc1. The van der Waals surface area contributed by atoms with Crippen molar-refractivity contribution in [3.05, 3.63) is 119 Å². The van der Waals surface area contributed by atoms with Crippen molar-refractivity contribution >= 4 is 11.6 Å². The Kier molecular flexibility index (Phi) is 6.08. The number of ether oxygens (including phenoxy) is 1. The standard InChI is InChI=1S/C27H23NO4/c1-32-25-9-5-3-7-23(25)27(31)28-24-8-4-2-6-22(24)26(18-10-14-20(29)15-11-18)19-12-16-21(30)17-13-19/h2-17,26,29-30H,1H3,(H,28,31). The first-order chi connectivity index (χ1) is 15.6. The van der Waals surface area contributed by atoms with Crippen LogP contribution in [0.3, 0.4) is 0 Å². The lowest BCUT2D eigenvalue weighted by molar-refractivity contribution is 0.102. The quantitative estimate of drug-likeness (QED) is 0.355. The third kappa shape index (κ3) is 4.42. The van der Waals surface area contributed by atoms with E-state index in [-0.39, 0.29) is 23.3 Å². The molecule has 3 N–H and O–H groups in total. The Bertz CT molecular complexity index is 1170. The molecule has 32 heavy (non-hydrogen) atoms. The molecule has 0 saturated carbocycles. The number of hydrogen-bond donors (Lipinski definition) is 3. The summed E-state index contributed by atoms with van der Waals surface area (Å²) in [6, 6.07) is 28.6. The van der Waals surface area contributed by atoms with Gasteiger partial charge in [0, 0.05) is 11.6 Å². The summed E-state index contributed by atoms with van der Waals surface area (Å²) in [6.07, 6.45) is 0. The summed E-state index contributed by atoms with van der Waals surface area (Å²) in [5.41, 5.74) is 3.86. The van der Waals surface area contributed by atoms with Gasteiger partial charge in [0.05, 0.1) is 12.7 Å². The van der Waals surface area contributed by atoms with Crippen molar-refractivity contribution < 1.29 is 19.7 Å². The van der Waals surface area contributed by atoms with E-state index in [9.17, 15) is 15.0 Å². The molecular weight excluding hydrogens is 402 g/mol. The van der Waals surface area contributed by atoms with Crippen LogP contribution in [0.1, 0.15) is 33.0 Å². The van der Waals surface area contributed by atoms with Crippen LogP contribution in [0.4, 0.5) is 5.69 Å². The molecular formula is C27H23NO4. The molecule has 0 aliphatic carbocycles. The number of nitrogens with one attached hydrogen (secondary N) is 1. The number of amides is 1. The maximum Gasteiger partial charge on any atom is 0.259 e. The Morgan fingerprint density at radius 2 is 1.28 bits per heavy atom. The van der Waals surface area contributed by atoms with Gasteiger partial charge in [-0.15, -0.1) is 0 Å². The molecule has 0 heterocycles. The van der Waals surface area contributed by atoms with Crippen LogP contribution in [-0.4, -0.2) is 23.2 Å². The van der Waals surface area contributed by atoms with Gasteiger partial charge in [-0.3, -0.25) is 4.79 Å². The largest absolute Gasteiger partial charge is 0.508 e. The highest BCUT2D eigenvalue weighted by molar-refractivity contribution is 6.06. The van der Waals surface area contributed by atoms with Crippen LogP contribution < -0.4 is 10.1 Å². The highest BCUT2D eigenvalue weighted by Gasteiger charge is 2.22. The number of benzene rings is 4. The second-order valence-corrected chi connectivity index (χ2v) is 7.36. The van der Waals surface area contributed by atoms with Crippen LogP contribution in [0.25, 0.3) is 0 Å². The zero-order chi connectivity index (χ0) is 22.5. The molecule has 5 heteroatoms. The van der Waals surface area contributed by atoms with Crippen molar-refractivity contribution in [3.8, 4) is 17.2 Å². The van der Waals surface area contributed by atoms with Crippen LogP contribution in [0, 0.1) is 0 Å². The van der Waals surface area contributed by atoms with Crippen molar-refractivity contribution in [1.29, 1.82) is 0 Å². The molecule has 0 spiro atoms. The first kappa shape index (κ1) is 21.0. The van der Waals surface area contributed by atoms with E-state index in [1.54, 1.807) is 42.5 Å². The van der Waals surface area contributed by atoms with E-state index < -0.39 is 0 Å². The first-order valence-electron chi connectivity index (χ1n) is 10.2. The number of phenolic OH excluding ortho intramolecular Hbond substituents is 2. The fourth-order valence-electron chi connectivity index (χ4n) is 3.77. The minimum Gasteiger partial charge on any atom is -0.508 e. The van der Waals surface area contributed by atoms with Crippen molar-refractivity contribution in [2.75, 3.05) is 12.4 Å². The summed E-state index contributed by atoms with van der Waals surface area (Å²) < 4.78 is 5.33. The van der Waals surface area contributed by atoms with E-state index in [4.69, 9.17) is 4.74 Å². The van der Waals surface area contributed by atoms with Gasteiger partial charge in [0.2, 0.25) is 0 Å². The van der Waals surface area contributed by atoms with Gasteiger partial charge in [0.1, 0.15) is 17.2 Å². The molecule has 0 fully saturated rings. The van der Waals surface area contributed by atoms with Crippen LogP contribution >= 0.6 is 0 Å². The van der Waals surface area contributed by atoms with E-state index in [2.05, 4.69) is 5.32 Å². The predicted octanol–water partition coefficient (Wildman–Crippen LogP) is 5.54. The normalized spacial score (nSPS) is 10.7. The van der Waals surface area contributed by atoms with Crippen LogP contribution in [-0.2, 0) is 0 Å². The smallest absolute Gasteiger partial charge is 0.259 e. The molecule has 1 amide bonds. The Hall–Kier alpha value is -4.25. The molecule has 0 unspecified atom stereocenters. The molecule has 5 nitrogen and oxygen atoms in total. The van der Waals surface area contributed by atoms with E-state index in [1.807, 2.05) is 54.6 Å². The zero-order valence-corrected chi connectivity index (χ0v) is 17.5. The lowest BCUT2D eigenvalue weighted by Crippen LogP contribution is -2.16. The number of phenols is 2. The minimum atomic E-state index is -0.273. The Morgan fingerprint density at radius 1 is 0.750 bits per heavy atom. The topological polar surface area (TPSA) is 78.8 Å². The van der Waals surface area contributed by atoms with Crippen LogP contribution in [0.5, 0.6) is 17.2 Å². The third-order valence-corrected chi connectivity index (χ3v) is 5.32. The summed E-state index contributed by atoms with van der Waals surface area (Å²) in [5.74, 6) is 0.346. The number of para-hydroxylation sites is 2. The first-order valence-corrected chi connectivity index (χ1v) is 10.2. The molecule has 0 bridgehead atoms. The summed E-state index contributed by atoms with van der Waals surface area (Å²) in [6.45, 7) is 0. The van der Waals surface area contributed by atoms with Gasteiger partial charge in [-0.1, -0.05) is 54.6 Å². The second kappa shape index (κ2) is 9.27. The van der Waals surface area contributed by atoms with Gasteiger partial charge < -0.3 is 20.3 Å². The van der Waals surface area contributed by atoms with Crippen molar-refractivity contribution in [2.24, 2.45) is 0 Å². The van der Waals surface area contributed by atoms with Gasteiger partial charge in [-0.25, -0.2) is 0 Å². The number of rotatable bonds is 6. The number of anilines is 1. The number of methoxy groups -OCH3 is 1. The molecule has 4 rings (SSSR count). The van der Waals surface area contributed by atoms with E-state index in [0.29, 0.717) is 17.0 Å². The second-order valence-electron chi connectivity index (χ2n) is 7.36. The summed E-state index contributed by atoms with van der Waals surface area (Å²) in [5, 5.41) is 22.6. The maximum atomic E-state index is 13.1. The third-order valence-electron chi connectivity index (χ3n) is 5.32. The summed E-state index contributed by atoms with van der Waals surface area (Å²) in [7, 11) is 1.53. The molecule has 4 aromatic rings. The monoisotopic (exact) mass is 425 g/mol. The molecule has 0 aliphatic rings. The van der Waals surface area contributed by atoms with E-state index >= 15 is 0 Å². The van der Waals surface area contributed by atoms with Gasteiger partial charge in [0.15, 0.2) is 0 Å². The number of aromatic hydroxyl groups is 2. The number of carbonyl (C=O) groups is 1. The molecule has 4 aromatic carbocycles. The van der Waals surface area contributed by atoms with Crippen molar-refractivity contribution in [3.63, 3.8) is 0 Å². The molecule has 0 radical (unpaired) electrons. The lowest BCUT2D eigenvalue weighted by Gasteiger charge is -2.22. The Morgan fingerprint density at radius 3 is 1.88 bits per heavy atom. The average Bonchev–Trinajstić information content (AvgIpc) is 2.82. The highest BCUT2D eigenvalue weighted by atomic mass is 16.5. The highest BCUT2D eigenvalue weighted by Crippen LogP contribution is 2.37. The zero-order valence-electron chi connectivity index (χ0n) is 17.5. The summed E-state index contributed by atoms with van der Waals surface area (Å²) >= 11 is 0. The van der Waals surface area contributed by atoms with Crippen LogP contribution in [0.15, 0.2) is 97.1 Å². The summed E-state index contributed by atoms with van der Waals surface area (Å²) in [4.78, 5) is 13.1. The fraction of sp³-hybridized carbons (Fsp3) is 0.0741. The average molecular weight is 425 g/mol. The Balaban J connectivity index is 1.78. The van der Waals surface area contributed by atoms with Gasteiger partial charge in [-0.2, -0.15) is 0 Å². The maximum absolute atomic E-state index is 13.1. The van der Waals surface area contributed by atoms with Crippen molar-refractivity contribution in [2.45, 2.75) is 5.92 Å². The molecule has 0 saturated heterocycles. The number of hydrogen-bond acceptors (Lipinski definition) is 4. The van der Waals surface area contributed by atoms with E-state index in [1.165, 1.54) is 7.11 Å².